The van der Waals surface area contributed by atoms with Crippen LogP contribution in [-0.4, -0.2) is 40.4 Å². The Hall–Kier alpha value is -1.92. The molecule has 7 heteroatoms. The lowest BCUT2D eigenvalue weighted by atomic mass is 9.90. The molecule has 0 aliphatic heterocycles. The summed E-state index contributed by atoms with van der Waals surface area (Å²) in [5.74, 6) is -5.04. The van der Waals surface area contributed by atoms with Gasteiger partial charge in [0.15, 0.2) is 5.78 Å². The highest BCUT2D eigenvalue weighted by atomic mass is 16.5. The molecule has 0 aromatic heterocycles. The highest BCUT2D eigenvalue weighted by Crippen LogP contribution is 2.34. The summed E-state index contributed by atoms with van der Waals surface area (Å²) in [7, 11) is 0. The Labute approximate surface area is 116 Å². The molecule has 0 bridgehead atoms. The number of aliphatic carboxylic acids is 1. The fourth-order valence-corrected chi connectivity index (χ4v) is 1.73. The zero-order chi connectivity index (χ0) is 15.5. The molecule has 112 valence electrons. The van der Waals surface area contributed by atoms with Crippen LogP contribution in [-0.2, 0) is 23.9 Å². The minimum absolute atomic E-state index is 0.471. The van der Waals surface area contributed by atoms with Gasteiger partial charge in [0.05, 0.1) is 6.10 Å². The minimum atomic E-state index is -2.63. The van der Waals surface area contributed by atoms with E-state index >= 15 is 0 Å². The largest absolute Gasteiger partial charge is 0.479 e. The molecule has 1 aliphatic carbocycles. The van der Waals surface area contributed by atoms with E-state index in [0.717, 1.165) is 6.92 Å². The van der Waals surface area contributed by atoms with Crippen molar-refractivity contribution in [3.63, 3.8) is 0 Å². The molecule has 0 saturated heterocycles. The molecule has 20 heavy (non-hydrogen) atoms. The maximum Gasteiger partial charge on any atom is 0.352 e. The maximum absolute atomic E-state index is 12.2. The zero-order valence-electron chi connectivity index (χ0n) is 11.8. The van der Waals surface area contributed by atoms with Crippen molar-refractivity contribution in [1.29, 1.82) is 0 Å². The van der Waals surface area contributed by atoms with Crippen LogP contribution in [0.3, 0.4) is 0 Å². The number of carbonyl (C=O) groups is 4. The van der Waals surface area contributed by atoms with E-state index in [-0.39, 0.29) is 0 Å². The summed E-state index contributed by atoms with van der Waals surface area (Å²) in [5, 5.41) is 11.3. The molecule has 2 atom stereocenters. The highest BCUT2D eigenvalue weighted by molar-refractivity contribution is 6.27. The van der Waals surface area contributed by atoms with Gasteiger partial charge in [-0.3, -0.25) is 9.59 Å². The van der Waals surface area contributed by atoms with Crippen molar-refractivity contribution in [3.05, 3.63) is 0 Å². The molecule has 1 rings (SSSR count). The Morgan fingerprint density at radius 1 is 1.35 bits per heavy atom. The first-order valence-corrected chi connectivity index (χ1v) is 6.53. The summed E-state index contributed by atoms with van der Waals surface area (Å²) in [5.41, 5.74) is -2.63. The van der Waals surface area contributed by atoms with Crippen LogP contribution in [0.2, 0.25) is 0 Å². The van der Waals surface area contributed by atoms with Gasteiger partial charge in [0.2, 0.25) is 5.91 Å². The summed E-state index contributed by atoms with van der Waals surface area (Å²) < 4.78 is 4.97. The van der Waals surface area contributed by atoms with E-state index in [2.05, 4.69) is 0 Å². The molecule has 0 aromatic rings. The first-order valence-electron chi connectivity index (χ1n) is 6.53. The lowest BCUT2D eigenvalue weighted by Gasteiger charge is -2.27. The van der Waals surface area contributed by atoms with E-state index in [9.17, 15) is 24.3 Å². The molecule has 0 aromatic carbocycles. The Morgan fingerprint density at radius 2 is 1.90 bits per heavy atom. The third kappa shape index (κ3) is 3.15. The van der Waals surface area contributed by atoms with E-state index in [1.54, 1.807) is 13.8 Å². The summed E-state index contributed by atoms with van der Waals surface area (Å²) >= 11 is 0. The second-order valence-corrected chi connectivity index (χ2v) is 5.00. The molecule has 1 aliphatic rings. The van der Waals surface area contributed by atoms with Gasteiger partial charge in [-0.1, -0.05) is 6.92 Å². The lowest BCUT2D eigenvalue weighted by Crippen LogP contribution is -2.66. The van der Waals surface area contributed by atoms with Crippen molar-refractivity contribution in [1.82, 2.24) is 5.32 Å². The lowest BCUT2D eigenvalue weighted by molar-refractivity contribution is -0.171. The molecular weight excluding hydrogens is 266 g/mol. The van der Waals surface area contributed by atoms with Crippen LogP contribution >= 0.6 is 0 Å². The highest BCUT2D eigenvalue weighted by Gasteiger charge is 2.59. The van der Waals surface area contributed by atoms with Crippen molar-refractivity contribution in [2.24, 2.45) is 5.92 Å². The number of rotatable bonds is 7. The number of carboxylic acids is 1. The Balaban J connectivity index is 3.14. The van der Waals surface area contributed by atoms with Crippen LogP contribution in [0.15, 0.2) is 0 Å². The number of ketones is 1. The first kappa shape index (κ1) is 16.1. The predicted octanol–water partition coefficient (Wildman–Crippen LogP) is 0.267. The van der Waals surface area contributed by atoms with Gasteiger partial charge in [-0.25, -0.2) is 9.59 Å². The molecule has 1 fully saturated rings. The Kier molecular flexibility index (Phi) is 4.86. The van der Waals surface area contributed by atoms with Crippen molar-refractivity contribution < 1.29 is 29.0 Å². The number of hydrogen-bond acceptors (Lipinski definition) is 5. The maximum atomic E-state index is 12.2. The fraction of sp³-hybridized carbons (Fsp3) is 0.692. The van der Waals surface area contributed by atoms with Gasteiger partial charge in [-0.05, 0) is 26.2 Å². The van der Waals surface area contributed by atoms with Crippen LogP contribution < -0.4 is 5.32 Å². The molecule has 1 amide bonds. The minimum Gasteiger partial charge on any atom is -0.479 e. The second kappa shape index (κ2) is 6.02. The molecule has 0 spiro atoms. The van der Waals surface area contributed by atoms with Crippen LogP contribution in [0.4, 0.5) is 0 Å². The average molecular weight is 285 g/mol. The van der Waals surface area contributed by atoms with Gasteiger partial charge in [-0.15, -0.1) is 0 Å². The monoisotopic (exact) mass is 285 g/mol. The molecule has 7 nitrogen and oxygen atoms in total. The van der Waals surface area contributed by atoms with Crippen LogP contribution in [0.5, 0.6) is 0 Å². The molecule has 0 radical (unpaired) electrons. The molecule has 1 saturated carbocycles. The number of amides is 1. The van der Waals surface area contributed by atoms with Crippen LogP contribution in [0.1, 0.15) is 40.0 Å². The summed E-state index contributed by atoms with van der Waals surface area (Å²) in [6.45, 7) is 4.38. The number of nitrogens with one attached hydrogen (secondary N) is 1. The quantitative estimate of drug-likeness (QED) is 0.513. The smallest absolute Gasteiger partial charge is 0.352 e. The van der Waals surface area contributed by atoms with Crippen molar-refractivity contribution >= 4 is 23.6 Å². The fourth-order valence-electron chi connectivity index (χ4n) is 1.73. The van der Waals surface area contributed by atoms with Crippen molar-refractivity contribution in [2.45, 2.75) is 51.7 Å². The van der Waals surface area contributed by atoms with Gasteiger partial charge >= 0.3 is 11.9 Å². The zero-order valence-corrected chi connectivity index (χ0v) is 11.8. The first-order chi connectivity index (χ1) is 9.25. The number of Topliss-reactive ketones (excluding diaryl/α,β-unsaturated/α-hetero) is 1. The normalized spacial score (nSPS) is 18.6. The molecule has 2 N–H and O–H groups in total. The summed E-state index contributed by atoms with van der Waals surface area (Å²) in [6.07, 6.45) is 0.967. The van der Waals surface area contributed by atoms with E-state index in [1.165, 1.54) is 0 Å². The molecular formula is C13H19NO6. The van der Waals surface area contributed by atoms with Crippen LogP contribution in [0.25, 0.3) is 0 Å². The molecule has 2 unspecified atom stereocenters. The van der Waals surface area contributed by atoms with Crippen LogP contribution in [0, 0.1) is 5.92 Å². The summed E-state index contributed by atoms with van der Waals surface area (Å²) in [6, 6.07) is 0. The Morgan fingerprint density at radius 3 is 2.25 bits per heavy atom. The van der Waals surface area contributed by atoms with Crippen molar-refractivity contribution in [3.8, 4) is 0 Å². The topological polar surface area (TPSA) is 110 Å². The third-order valence-electron chi connectivity index (χ3n) is 3.19. The summed E-state index contributed by atoms with van der Waals surface area (Å²) in [4.78, 5) is 47.1. The van der Waals surface area contributed by atoms with E-state index in [4.69, 9.17) is 4.74 Å². The van der Waals surface area contributed by atoms with E-state index < -0.39 is 41.2 Å². The van der Waals surface area contributed by atoms with Gasteiger partial charge in [-0.2, -0.15) is 0 Å². The molecule has 0 heterocycles. The number of carbonyl (C=O) groups excluding carboxylic acids is 3. The number of esters is 1. The number of ether oxygens (including phenoxy) is 1. The standard InChI is InChI=1S/C13H19NO6/c1-4-7(2)20-12(19)13(11(17)18,14-8(3)15)10(16)9-5-6-9/h7,9H,4-6H2,1-3H3,(H,14,15)(H,17,18). The Bertz CT molecular complexity index is 442. The van der Waals surface area contributed by atoms with Gasteiger partial charge in [0.25, 0.3) is 5.54 Å². The third-order valence-corrected chi connectivity index (χ3v) is 3.19. The second-order valence-electron chi connectivity index (χ2n) is 5.00. The van der Waals surface area contributed by atoms with Gasteiger partial charge in [0.1, 0.15) is 0 Å². The average Bonchev–Trinajstić information content (AvgIpc) is 3.18. The van der Waals surface area contributed by atoms with Gasteiger partial charge in [0, 0.05) is 12.8 Å². The van der Waals surface area contributed by atoms with E-state index in [1.807, 2.05) is 5.32 Å². The predicted molar refractivity (Wildman–Crippen MR) is 67.8 cm³/mol. The SMILES string of the molecule is CCC(C)OC(=O)C(NC(C)=O)(C(=O)O)C(=O)C1CC1. The van der Waals surface area contributed by atoms with Gasteiger partial charge < -0.3 is 15.2 Å². The number of carboxylic acid groups (broad SMARTS) is 1. The number of hydrogen-bond donors (Lipinski definition) is 2. The van der Waals surface area contributed by atoms with Crippen molar-refractivity contribution in [2.75, 3.05) is 0 Å². The van der Waals surface area contributed by atoms with E-state index in [0.29, 0.717) is 19.3 Å².